The molecule has 76 valence electrons. The fourth-order valence-electron chi connectivity index (χ4n) is 0.901. The van der Waals surface area contributed by atoms with E-state index in [0.717, 1.165) is 5.69 Å². The van der Waals surface area contributed by atoms with Crippen molar-refractivity contribution in [3.8, 4) is 0 Å². The zero-order valence-electron chi connectivity index (χ0n) is 8.65. The zero-order valence-corrected chi connectivity index (χ0v) is 8.65. The van der Waals surface area contributed by atoms with E-state index in [2.05, 4.69) is 20.3 Å². The van der Waals surface area contributed by atoms with Gasteiger partial charge in [0.2, 0.25) is 0 Å². The lowest BCUT2D eigenvalue weighted by Gasteiger charge is -2.14. The van der Waals surface area contributed by atoms with Gasteiger partial charge in [-0.25, -0.2) is 15.0 Å². The van der Waals surface area contributed by atoms with Crippen molar-refractivity contribution >= 4 is 11.6 Å². The molecule has 0 amide bonds. The van der Waals surface area contributed by atoms with Crippen LogP contribution in [-0.2, 0) is 0 Å². The van der Waals surface area contributed by atoms with Crippen molar-refractivity contribution in [2.45, 2.75) is 26.3 Å². The number of guanidine groups is 1. The minimum atomic E-state index is -0.188. The molecule has 0 aliphatic heterocycles. The summed E-state index contributed by atoms with van der Waals surface area (Å²) in [5, 5.41) is 2.90. The topological polar surface area (TPSA) is 76.2 Å². The van der Waals surface area contributed by atoms with Gasteiger partial charge in [0.25, 0.3) is 0 Å². The zero-order chi connectivity index (χ0) is 10.6. The Morgan fingerprint density at radius 2 is 1.93 bits per heavy atom. The SMILES string of the molecule is CC(C)(C)N=C(N)Nc1cncnc1. The second kappa shape index (κ2) is 4.04. The second-order valence-corrected chi connectivity index (χ2v) is 3.92. The second-order valence-electron chi connectivity index (χ2n) is 3.92. The molecule has 0 aliphatic carbocycles. The van der Waals surface area contributed by atoms with Crippen molar-refractivity contribution in [2.75, 3.05) is 5.32 Å². The number of aromatic nitrogens is 2. The average molecular weight is 193 g/mol. The predicted molar refractivity (Wildman–Crippen MR) is 57.0 cm³/mol. The van der Waals surface area contributed by atoms with Crippen molar-refractivity contribution in [1.82, 2.24) is 9.97 Å². The monoisotopic (exact) mass is 193 g/mol. The van der Waals surface area contributed by atoms with Crippen LogP contribution in [0.4, 0.5) is 5.69 Å². The van der Waals surface area contributed by atoms with Gasteiger partial charge in [-0.05, 0) is 20.8 Å². The molecule has 1 aromatic heterocycles. The number of nitrogens with one attached hydrogen (secondary N) is 1. The largest absolute Gasteiger partial charge is 0.370 e. The normalized spacial score (nSPS) is 12.6. The van der Waals surface area contributed by atoms with Gasteiger partial charge < -0.3 is 11.1 Å². The third kappa shape index (κ3) is 3.84. The van der Waals surface area contributed by atoms with Crippen molar-refractivity contribution in [3.05, 3.63) is 18.7 Å². The molecule has 0 atom stereocenters. The Morgan fingerprint density at radius 1 is 1.36 bits per heavy atom. The van der Waals surface area contributed by atoms with Crippen LogP contribution in [-0.4, -0.2) is 21.5 Å². The average Bonchev–Trinajstić information content (AvgIpc) is 2.02. The molecule has 0 radical (unpaired) electrons. The van der Waals surface area contributed by atoms with E-state index in [1.54, 1.807) is 12.4 Å². The van der Waals surface area contributed by atoms with Gasteiger partial charge in [-0.1, -0.05) is 0 Å². The van der Waals surface area contributed by atoms with Crippen LogP contribution in [0, 0.1) is 0 Å². The van der Waals surface area contributed by atoms with E-state index in [1.807, 2.05) is 20.8 Å². The highest BCUT2D eigenvalue weighted by Gasteiger charge is 2.07. The maximum absolute atomic E-state index is 5.68. The number of hydrogen-bond donors (Lipinski definition) is 2. The van der Waals surface area contributed by atoms with Gasteiger partial charge in [0, 0.05) is 0 Å². The lowest BCUT2D eigenvalue weighted by atomic mass is 10.1. The molecule has 0 unspecified atom stereocenters. The highest BCUT2D eigenvalue weighted by atomic mass is 15.1. The van der Waals surface area contributed by atoms with E-state index >= 15 is 0 Å². The molecule has 0 bridgehead atoms. The molecular weight excluding hydrogens is 178 g/mol. The summed E-state index contributed by atoms with van der Waals surface area (Å²) in [6, 6.07) is 0. The van der Waals surface area contributed by atoms with Crippen LogP contribution in [0.15, 0.2) is 23.7 Å². The van der Waals surface area contributed by atoms with Gasteiger partial charge in [-0.3, -0.25) is 0 Å². The Labute approximate surface area is 83.5 Å². The fourth-order valence-corrected chi connectivity index (χ4v) is 0.901. The molecule has 3 N–H and O–H groups in total. The maximum Gasteiger partial charge on any atom is 0.193 e. The number of aliphatic imine (C=N–C) groups is 1. The highest BCUT2D eigenvalue weighted by Crippen LogP contribution is 2.06. The molecular formula is C9H15N5. The first-order chi connectivity index (χ1) is 6.47. The van der Waals surface area contributed by atoms with Crippen LogP contribution < -0.4 is 11.1 Å². The molecule has 1 rings (SSSR count). The Bertz CT molecular complexity index is 312. The molecule has 0 saturated heterocycles. The van der Waals surface area contributed by atoms with Crippen molar-refractivity contribution in [3.63, 3.8) is 0 Å². The van der Waals surface area contributed by atoms with Crippen molar-refractivity contribution in [1.29, 1.82) is 0 Å². The third-order valence-corrected chi connectivity index (χ3v) is 1.29. The molecule has 0 fully saturated rings. The summed E-state index contributed by atoms with van der Waals surface area (Å²) in [5.41, 5.74) is 6.22. The van der Waals surface area contributed by atoms with Crippen molar-refractivity contribution in [2.24, 2.45) is 10.7 Å². The molecule has 0 spiro atoms. The first-order valence-electron chi connectivity index (χ1n) is 4.35. The lowest BCUT2D eigenvalue weighted by molar-refractivity contribution is 0.583. The van der Waals surface area contributed by atoms with Crippen LogP contribution in [0.3, 0.4) is 0 Å². The van der Waals surface area contributed by atoms with E-state index in [1.165, 1.54) is 6.33 Å². The highest BCUT2D eigenvalue weighted by molar-refractivity contribution is 5.92. The van der Waals surface area contributed by atoms with Crippen molar-refractivity contribution < 1.29 is 0 Å². The Morgan fingerprint density at radius 3 is 2.43 bits per heavy atom. The quantitative estimate of drug-likeness (QED) is 0.515. The van der Waals surface area contributed by atoms with E-state index < -0.39 is 0 Å². The molecule has 1 heterocycles. The number of nitrogens with zero attached hydrogens (tertiary/aromatic N) is 3. The number of nitrogens with two attached hydrogens (primary N) is 1. The van der Waals surface area contributed by atoms with Crippen LogP contribution >= 0.6 is 0 Å². The van der Waals surface area contributed by atoms with Gasteiger partial charge in [0.05, 0.1) is 23.6 Å². The summed E-state index contributed by atoms with van der Waals surface area (Å²) in [5.74, 6) is 0.368. The van der Waals surface area contributed by atoms with E-state index in [9.17, 15) is 0 Å². The molecule has 1 aromatic rings. The van der Waals surface area contributed by atoms with E-state index in [-0.39, 0.29) is 5.54 Å². The van der Waals surface area contributed by atoms with Gasteiger partial charge in [-0.2, -0.15) is 0 Å². The summed E-state index contributed by atoms with van der Waals surface area (Å²) in [6.07, 6.45) is 4.73. The molecule has 0 saturated carbocycles. The Hall–Kier alpha value is -1.65. The van der Waals surface area contributed by atoms with Gasteiger partial charge in [0.1, 0.15) is 6.33 Å². The minimum Gasteiger partial charge on any atom is -0.370 e. The fraction of sp³-hybridized carbons (Fsp3) is 0.444. The van der Waals surface area contributed by atoms with Gasteiger partial charge in [0.15, 0.2) is 5.96 Å². The Kier molecular flexibility index (Phi) is 3.01. The lowest BCUT2D eigenvalue weighted by Crippen LogP contribution is -2.27. The van der Waals surface area contributed by atoms with Crippen LogP contribution in [0.1, 0.15) is 20.8 Å². The standard InChI is InChI=1S/C9H15N5/c1-9(2,3)14-8(10)13-7-4-11-6-12-5-7/h4-6H,1-3H3,(H3,10,13,14). The molecule has 5 heteroatoms. The third-order valence-electron chi connectivity index (χ3n) is 1.29. The van der Waals surface area contributed by atoms with Gasteiger partial charge >= 0.3 is 0 Å². The van der Waals surface area contributed by atoms with Crippen LogP contribution in [0.2, 0.25) is 0 Å². The summed E-state index contributed by atoms with van der Waals surface area (Å²) < 4.78 is 0. The first-order valence-corrected chi connectivity index (χ1v) is 4.35. The van der Waals surface area contributed by atoms with Crippen LogP contribution in [0.25, 0.3) is 0 Å². The molecule has 0 aromatic carbocycles. The van der Waals surface area contributed by atoms with E-state index in [4.69, 9.17) is 5.73 Å². The first kappa shape index (κ1) is 10.4. The van der Waals surface area contributed by atoms with Gasteiger partial charge in [-0.15, -0.1) is 0 Å². The Balaban J connectivity index is 2.67. The summed E-state index contributed by atoms with van der Waals surface area (Å²) >= 11 is 0. The number of rotatable bonds is 1. The summed E-state index contributed by atoms with van der Waals surface area (Å²) in [7, 11) is 0. The molecule has 0 aliphatic rings. The minimum absolute atomic E-state index is 0.188. The number of anilines is 1. The smallest absolute Gasteiger partial charge is 0.193 e. The predicted octanol–water partition coefficient (Wildman–Crippen LogP) is 1.00. The maximum atomic E-state index is 5.68. The summed E-state index contributed by atoms with van der Waals surface area (Å²) in [6.45, 7) is 5.93. The van der Waals surface area contributed by atoms with Crippen LogP contribution in [0.5, 0.6) is 0 Å². The van der Waals surface area contributed by atoms with E-state index in [0.29, 0.717) is 5.96 Å². The summed E-state index contributed by atoms with van der Waals surface area (Å²) in [4.78, 5) is 11.9. The molecule has 5 nitrogen and oxygen atoms in total. The molecule has 14 heavy (non-hydrogen) atoms. The number of hydrogen-bond acceptors (Lipinski definition) is 3.